The van der Waals surface area contributed by atoms with Crippen LogP contribution in [-0.2, 0) is 17.8 Å². The third-order valence-corrected chi connectivity index (χ3v) is 6.77. The molecule has 182 valence electrons. The number of benzene rings is 3. The van der Waals surface area contributed by atoms with E-state index in [-0.39, 0.29) is 24.9 Å². The molecule has 1 aliphatic carbocycles. The Labute approximate surface area is 213 Å². The van der Waals surface area contributed by atoms with Crippen molar-refractivity contribution in [2.75, 3.05) is 11.9 Å². The van der Waals surface area contributed by atoms with E-state index in [0.717, 1.165) is 51.7 Å². The lowest BCUT2D eigenvalue weighted by molar-refractivity contribution is -0.125. The first-order valence-electron chi connectivity index (χ1n) is 12.2. The normalized spacial score (nSPS) is 15.8. The van der Waals surface area contributed by atoms with E-state index in [0.29, 0.717) is 11.3 Å². The van der Waals surface area contributed by atoms with Crippen molar-refractivity contribution in [2.45, 2.75) is 19.4 Å². The first-order chi connectivity index (χ1) is 18.1. The van der Waals surface area contributed by atoms with Gasteiger partial charge in [-0.25, -0.2) is 9.78 Å². The molecule has 7 nitrogen and oxygen atoms in total. The molecular formula is C30H24N4O3. The van der Waals surface area contributed by atoms with E-state index < -0.39 is 6.03 Å². The van der Waals surface area contributed by atoms with Gasteiger partial charge >= 0.3 is 6.03 Å². The third kappa shape index (κ3) is 4.36. The number of hydrogen-bond donors (Lipinski definition) is 2. The summed E-state index contributed by atoms with van der Waals surface area (Å²) in [5.41, 5.74) is 6.82. The molecule has 0 radical (unpaired) electrons. The highest BCUT2D eigenvalue weighted by Gasteiger charge is 2.29. The average Bonchev–Trinajstić information content (AvgIpc) is 3.45. The van der Waals surface area contributed by atoms with Gasteiger partial charge < -0.3 is 10.6 Å². The minimum absolute atomic E-state index is 0.0101. The molecule has 4 amide bonds. The van der Waals surface area contributed by atoms with Crippen LogP contribution in [-0.4, -0.2) is 34.3 Å². The summed E-state index contributed by atoms with van der Waals surface area (Å²) in [6.45, 7) is 0.159. The predicted octanol–water partition coefficient (Wildman–Crippen LogP) is 5.03. The number of nitrogens with zero attached hydrogens (tertiary/aromatic N) is 2. The summed E-state index contributed by atoms with van der Waals surface area (Å²) in [6, 6.07) is 24.7. The van der Waals surface area contributed by atoms with Gasteiger partial charge in [0.2, 0.25) is 5.91 Å². The summed E-state index contributed by atoms with van der Waals surface area (Å²) in [5, 5.41) is 6.38. The highest BCUT2D eigenvalue weighted by atomic mass is 16.2. The Morgan fingerprint density at radius 3 is 2.59 bits per heavy atom. The maximum Gasteiger partial charge on any atom is 0.324 e. The third-order valence-electron chi connectivity index (χ3n) is 6.77. The molecule has 0 saturated carbocycles. The standard InChI is InChI=1S/C30H24N4O3/c35-26-17-31-30(37)34(26)18-20-9-6-10-22(16-20)32-29(36)27-23-11-4-5-12-25(23)33-28-21(13-14-24(27)28)15-19-7-2-1-3-8-19/h1-12,15-16H,13-14,17-18H2,(H,31,37)(H,32,36)/b21-15+. The molecule has 2 heterocycles. The topological polar surface area (TPSA) is 91.4 Å². The van der Waals surface area contributed by atoms with Crippen molar-refractivity contribution >= 4 is 46.1 Å². The van der Waals surface area contributed by atoms with Crippen LogP contribution in [0.3, 0.4) is 0 Å². The second-order valence-electron chi connectivity index (χ2n) is 9.20. The number of carbonyl (C=O) groups excluding carboxylic acids is 3. The minimum atomic E-state index is -0.405. The van der Waals surface area contributed by atoms with E-state index in [1.807, 2.05) is 48.5 Å². The molecule has 1 fully saturated rings. The van der Waals surface area contributed by atoms with Crippen LogP contribution in [0, 0.1) is 0 Å². The number of aromatic nitrogens is 1. The number of amides is 4. The molecule has 37 heavy (non-hydrogen) atoms. The van der Waals surface area contributed by atoms with Crippen LogP contribution < -0.4 is 10.6 Å². The van der Waals surface area contributed by atoms with Crippen LogP contribution in [0.15, 0.2) is 78.9 Å². The van der Waals surface area contributed by atoms with Gasteiger partial charge in [-0.1, -0.05) is 60.7 Å². The molecule has 0 atom stereocenters. The van der Waals surface area contributed by atoms with Crippen molar-refractivity contribution in [1.82, 2.24) is 15.2 Å². The van der Waals surface area contributed by atoms with Crippen LogP contribution in [0.2, 0.25) is 0 Å². The van der Waals surface area contributed by atoms with Gasteiger partial charge in [0.05, 0.1) is 29.9 Å². The first kappa shape index (κ1) is 22.7. The van der Waals surface area contributed by atoms with Crippen molar-refractivity contribution in [2.24, 2.45) is 0 Å². The molecule has 1 aromatic heterocycles. The van der Waals surface area contributed by atoms with Crippen LogP contribution in [0.4, 0.5) is 10.5 Å². The lowest BCUT2D eigenvalue weighted by Gasteiger charge is -2.15. The van der Waals surface area contributed by atoms with Crippen molar-refractivity contribution in [3.05, 3.63) is 107 Å². The van der Waals surface area contributed by atoms with Crippen LogP contribution in [0.25, 0.3) is 22.6 Å². The zero-order valence-corrected chi connectivity index (χ0v) is 20.0. The number of nitrogens with one attached hydrogen (secondary N) is 2. The number of pyridine rings is 1. The number of anilines is 1. The molecular weight excluding hydrogens is 464 g/mol. The first-order valence-corrected chi connectivity index (χ1v) is 12.2. The Bertz CT molecular complexity index is 1580. The van der Waals surface area contributed by atoms with Gasteiger partial charge in [-0.05, 0) is 59.4 Å². The summed E-state index contributed by atoms with van der Waals surface area (Å²) in [7, 11) is 0. The van der Waals surface area contributed by atoms with Gasteiger partial charge in [-0.2, -0.15) is 0 Å². The molecule has 1 aliphatic heterocycles. The Kier molecular flexibility index (Phi) is 5.73. The van der Waals surface area contributed by atoms with Crippen molar-refractivity contribution in [3.63, 3.8) is 0 Å². The second kappa shape index (κ2) is 9.35. The van der Waals surface area contributed by atoms with E-state index in [1.54, 1.807) is 18.2 Å². The number of rotatable bonds is 5. The van der Waals surface area contributed by atoms with Gasteiger partial charge in [0.1, 0.15) is 0 Å². The van der Waals surface area contributed by atoms with Crippen LogP contribution in [0.1, 0.15) is 39.2 Å². The largest absolute Gasteiger partial charge is 0.329 e. The number of hydrogen-bond acceptors (Lipinski definition) is 4. The van der Waals surface area contributed by atoms with Gasteiger partial charge in [-0.3, -0.25) is 14.5 Å². The van der Waals surface area contributed by atoms with Crippen molar-refractivity contribution < 1.29 is 14.4 Å². The molecule has 2 N–H and O–H groups in total. The quantitative estimate of drug-likeness (QED) is 0.386. The highest BCUT2D eigenvalue weighted by molar-refractivity contribution is 6.14. The zero-order chi connectivity index (χ0) is 25.4. The molecule has 0 spiro atoms. The van der Waals surface area contributed by atoms with E-state index in [4.69, 9.17) is 4.98 Å². The molecule has 0 unspecified atom stereocenters. The SMILES string of the molecule is O=C(Nc1cccc(CN2C(=O)CNC2=O)c1)c1c2c(nc3ccccc13)/C(=C/c1ccccc1)CC2. The van der Waals surface area contributed by atoms with E-state index in [2.05, 4.69) is 28.8 Å². The Balaban J connectivity index is 1.34. The number of carbonyl (C=O) groups is 3. The fourth-order valence-corrected chi connectivity index (χ4v) is 5.03. The maximum atomic E-state index is 13.7. The van der Waals surface area contributed by atoms with Gasteiger partial charge in [0, 0.05) is 11.1 Å². The van der Waals surface area contributed by atoms with Gasteiger partial charge in [0.25, 0.3) is 5.91 Å². The zero-order valence-electron chi connectivity index (χ0n) is 20.0. The lowest BCUT2D eigenvalue weighted by atomic mass is 9.99. The van der Waals surface area contributed by atoms with E-state index in [1.165, 1.54) is 4.90 Å². The summed E-state index contributed by atoms with van der Waals surface area (Å²) in [6.07, 6.45) is 3.70. The Morgan fingerprint density at radius 1 is 0.973 bits per heavy atom. The smallest absolute Gasteiger partial charge is 0.324 e. The fourth-order valence-electron chi connectivity index (χ4n) is 5.03. The molecule has 4 aromatic rings. The average molecular weight is 489 g/mol. The molecule has 3 aromatic carbocycles. The summed E-state index contributed by atoms with van der Waals surface area (Å²) >= 11 is 0. The molecule has 1 saturated heterocycles. The minimum Gasteiger partial charge on any atom is -0.329 e. The number of para-hydroxylation sites is 1. The number of allylic oxidation sites excluding steroid dienone is 1. The van der Waals surface area contributed by atoms with Crippen molar-refractivity contribution in [1.29, 1.82) is 0 Å². The van der Waals surface area contributed by atoms with E-state index >= 15 is 0 Å². The van der Waals surface area contributed by atoms with Crippen LogP contribution >= 0.6 is 0 Å². The predicted molar refractivity (Wildman–Crippen MR) is 143 cm³/mol. The Hall–Kier alpha value is -4.78. The molecule has 0 bridgehead atoms. The Morgan fingerprint density at radius 2 is 1.78 bits per heavy atom. The highest BCUT2D eigenvalue weighted by Crippen LogP contribution is 2.37. The molecule has 2 aliphatic rings. The molecule has 7 heteroatoms. The van der Waals surface area contributed by atoms with Crippen LogP contribution in [0.5, 0.6) is 0 Å². The maximum absolute atomic E-state index is 13.7. The van der Waals surface area contributed by atoms with Gasteiger partial charge in [-0.15, -0.1) is 0 Å². The molecule has 6 rings (SSSR count). The second-order valence-corrected chi connectivity index (χ2v) is 9.20. The van der Waals surface area contributed by atoms with E-state index in [9.17, 15) is 14.4 Å². The summed E-state index contributed by atoms with van der Waals surface area (Å²) < 4.78 is 0. The number of fused-ring (bicyclic) bond motifs is 2. The lowest BCUT2D eigenvalue weighted by Crippen LogP contribution is -2.30. The monoisotopic (exact) mass is 488 g/mol. The summed E-state index contributed by atoms with van der Waals surface area (Å²) in [4.78, 5) is 43.7. The fraction of sp³-hybridized carbons (Fsp3) is 0.133. The summed E-state index contributed by atoms with van der Waals surface area (Å²) in [5.74, 6) is -0.472. The van der Waals surface area contributed by atoms with Crippen molar-refractivity contribution in [3.8, 4) is 0 Å². The van der Waals surface area contributed by atoms with Gasteiger partial charge in [0.15, 0.2) is 0 Å². The number of urea groups is 1. The number of imide groups is 1.